The van der Waals surface area contributed by atoms with Crippen LogP contribution in [0.3, 0.4) is 0 Å². The summed E-state index contributed by atoms with van der Waals surface area (Å²) < 4.78 is 1.34. The highest BCUT2D eigenvalue weighted by Crippen LogP contribution is 2.12. The molecule has 102 valence electrons. The van der Waals surface area contributed by atoms with Crippen molar-refractivity contribution >= 4 is 22.0 Å². The van der Waals surface area contributed by atoms with Crippen molar-refractivity contribution in [1.82, 2.24) is 14.6 Å². The number of aryl methyl sites for hydroxylation is 2. The lowest BCUT2D eigenvalue weighted by Crippen LogP contribution is -2.16. The van der Waals surface area contributed by atoms with Gasteiger partial charge in [0.25, 0.3) is 5.56 Å². The van der Waals surface area contributed by atoms with E-state index in [1.165, 1.54) is 27.5 Å². The molecule has 0 unspecified atom stereocenters. The average Bonchev–Trinajstić information content (AvgIpc) is 2.79. The number of aromatic nitrogens is 3. The van der Waals surface area contributed by atoms with Gasteiger partial charge < -0.3 is 5.32 Å². The van der Waals surface area contributed by atoms with E-state index in [9.17, 15) is 4.79 Å². The van der Waals surface area contributed by atoms with Crippen LogP contribution < -0.4 is 10.9 Å². The second-order valence-corrected chi connectivity index (χ2v) is 5.78. The molecule has 2 heterocycles. The fourth-order valence-electron chi connectivity index (χ4n) is 1.91. The Hall–Kier alpha value is -2.21. The van der Waals surface area contributed by atoms with Gasteiger partial charge in [0.1, 0.15) is 5.01 Å². The van der Waals surface area contributed by atoms with Gasteiger partial charge in [-0.2, -0.15) is 9.61 Å². The zero-order chi connectivity index (χ0) is 14.1. The number of anilines is 1. The van der Waals surface area contributed by atoms with Crippen LogP contribution in [0.4, 0.5) is 5.69 Å². The number of nitrogens with one attached hydrogen (secondary N) is 1. The first-order chi connectivity index (χ1) is 9.61. The highest BCUT2D eigenvalue weighted by atomic mass is 32.1. The maximum Gasteiger partial charge on any atom is 0.275 e. The lowest BCUT2D eigenvalue weighted by molar-refractivity contribution is 0.863. The summed E-state index contributed by atoms with van der Waals surface area (Å²) in [5.74, 6) is 0. The summed E-state index contributed by atoms with van der Waals surface area (Å²) in [6.45, 7) is 4.43. The van der Waals surface area contributed by atoms with E-state index in [0.29, 0.717) is 11.5 Å². The first-order valence-corrected chi connectivity index (χ1v) is 7.10. The zero-order valence-electron chi connectivity index (χ0n) is 11.3. The van der Waals surface area contributed by atoms with E-state index in [4.69, 9.17) is 0 Å². The van der Waals surface area contributed by atoms with Crippen LogP contribution >= 0.6 is 11.3 Å². The lowest BCUT2D eigenvalue weighted by atomic mass is 10.2. The molecule has 0 radical (unpaired) electrons. The Labute approximate surface area is 119 Å². The molecule has 3 rings (SSSR count). The molecule has 3 aromatic rings. The molecule has 0 saturated carbocycles. The summed E-state index contributed by atoms with van der Waals surface area (Å²) in [5.41, 5.74) is 2.81. The molecule has 0 saturated heterocycles. The third-order valence-corrected chi connectivity index (χ3v) is 3.75. The number of rotatable bonds is 3. The van der Waals surface area contributed by atoms with E-state index in [-0.39, 0.29) is 5.56 Å². The van der Waals surface area contributed by atoms with Crippen LogP contribution in [0.15, 0.2) is 35.1 Å². The van der Waals surface area contributed by atoms with Crippen molar-refractivity contribution in [2.75, 3.05) is 5.32 Å². The zero-order valence-corrected chi connectivity index (χ0v) is 12.1. The van der Waals surface area contributed by atoms with Crippen molar-refractivity contribution in [2.24, 2.45) is 0 Å². The van der Waals surface area contributed by atoms with Gasteiger partial charge in [-0.3, -0.25) is 4.79 Å². The fourth-order valence-corrected chi connectivity index (χ4v) is 2.67. The van der Waals surface area contributed by atoms with E-state index in [1.54, 1.807) is 0 Å². The van der Waals surface area contributed by atoms with E-state index >= 15 is 0 Å². The van der Waals surface area contributed by atoms with Crippen LogP contribution in [0.5, 0.6) is 0 Å². The van der Waals surface area contributed by atoms with Gasteiger partial charge in [-0.1, -0.05) is 29.0 Å². The second kappa shape index (κ2) is 5.05. The van der Waals surface area contributed by atoms with Gasteiger partial charge in [0.05, 0.1) is 12.2 Å². The van der Waals surface area contributed by atoms with Crippen LogP contribution in [0.1, 0.15) is 16.3 Å². The lowest BCUT2D eigenvalue weighted by Gasteiger charge is -2.06. The summed E-state index contributed by atoms with van der Waals surface area (Å²) >= 11 is 1.42. The van der Waals surface area contributed by atoms with Crippen LogP contribution in [-0.4, -0.2) is 14.6 Å². The molecule has 20 heavy (non-hydrogen) atoms. The topological polar surface area (TPSA) is 59.3 Å². The molecule has 0 fully saturated rings. The minimum absolute atomic E-state index is 0.139. The van der Waals surface area contributed by atoms with Crippen molar-refractivity contribution < 1.29 is 0 Å². The molecule has 5 nitrogen and oxygen atoms in total. The summed E-state index contributed by atoms with van der Waals surface area (Å²) in [6, 6.07) is 9.63. The van der Waals surface area contributed by atoms with Crippen LogP contribution in [0.2, 0.25) is 0 Å². The molecule has 0 aliphatic rings. The maximum atomic E-state index is 11.9. The Morgan fingerprint density at radius 1 is 1.25 bits per heavy atom. The van der Waals surface area contributed by atoms with E-state index < -0.39 is 0 Å². The Balaban J connectivity index is 1.84. The number of benzene rings is 1. The second-order valence-electron chi connectivity index (χ2n) is 4.62. The van der Waals surface area contributed by atoms with Gasteiger partial charge in [-0.05, 0) is 26.0 Å². The average molecular weight is 286 g/mol. The largest absolute Gasteiger partial charge is 0.379 e. The summed E-state index contributed by atoms with van der Waals surface area (Å²) in [6.07, 6.45) is 0. The SMILES string of the molecule is Cc1ccc(NCc2cc(=O)n3nc(C)sc3n2)cc1. The minimum Gasteiger partial charge on any atom is -0.379 e. The molecule has 0 aliphatic carbocycles. The van der Waals surface area contributed by atoms with Crippen molar-refractivity contribution in [3.8, 4) is 0 Å². The maximum absolute atomic E-state index is 11.9. The van der Waals surface area contributed by atoms with Crippen molar-refractivity contribution in [2.45, 2.75) is 20.4 Å². The molecule has 6 heteroatoms. The highest BCUT2D eigenvalue weighted by molar-refractivity contribution is 7.16. The number of nitrogens with zero attached hydrogens (tertiary/aromatic N) is 3. The summed E-state index contributed by atoms with van der Waals surface area (Å²) in [4.78, 5) is 17.0. The molecule has 2 aromatic heterocycles. The smallest absolute Gasteiger partial charge is 0.275 e. The predicted molar refractivity (Wildman–Crippen MR) is 80.4 cm³/mol. The fraction of sp³-hybridized carbons (Fsp3) is 0.214. The third kappa shape index (κ3) is 2.55. The van der Waals surface area contributed by atoms with Gasteiger partial charge >= 0.3 is 0 Å². The molecular weight excluding hydrogens is 272 g/mol. The van der Waals surface area contributed by atoms with Crippen molar-refractivity contribution in [3.63, 3.8) is 0 Å². The normalized spacial score (nSPS) is 10.9. The standard InChI is InChI=1S/C14H14N4OS/c1-9-3-5-11(6-4-9)15-8-12-7-13(19)18-14(16-12)20-10(2)17-18/h3-7,15H,8H2,1-2H3. The quantitative estimate of drug-likeness (QED) is 0.803. The first-order valence-electron chi connectivity index (χ1n) is 6.29. The van der Waals surface area contributed by atoms with Gasteiger partial charge in [0.2, 0.25) is 4.96 Å². The third-order valence-electron chi connectivity index (χ3n) is 2.92. The van der Waals surface area contributed by atoms with E-state index in [0.717, 1.165) is 16.4 Å². The van der Waals surface area contributed by atoms with Crippen molar-refractivity contribution in [1.29, 1.82) is 0 Å². The molecule has 0 bridgehead atoms. The first kappa shape index (κ1) is 12.8. The van der Waals surface area contributed by atoms with Crippen LogP contribution in [0, 0.1) is 13.8 Å². The van der Waals surface area contributed by atoms with E-state index in [1.807, 2.05) is 38.1 Å². The molecule has 0 spiro atoms. The number of fused-ring (bicyclic) bond motifs is 1. The number of hydrogen-bond acceptors (Lipinski definition) is 5. The predicted octanol–water partition coefficient (Wildman–Crippen LogP) is 2.38. The minimum atomic E-state index is -0.139. The molecular formula is C14H14N4OS. The van der Waals surface area contributed by atoms with Gasteiger partial charge in [0, 0.05) is 11.8 Å². The Bertz CT molecular complexity index is 804. The Morgan fingerprint density at radius 2 is 2.00 bits per heavy atom. The summed E-state index contributed by atoms with van der Waals surface area (Å²) in [5, 5.41) is 8.21. The molecule has 0 atom stereocenters. The Morgan fingerprint density at radius 3 is 2.75 bits per heavy atom. The molecule has 1 aromatic carbocycles. The molecule has 0 aliphatic heterocycles. The van der Waals surface area contributed by atoms with Gasteiger partial charge in [-0.25, -0.2) is 4.98 Å². The van der Waals surface area contributed by atoms with Crippen LogP contribution in [-0.2, 0) is 6.54 Å². The van der Waals surface area contributed by atoms with Gasteiger partial charge in [-0.15, -0.1) is 0 Å². The van der Waals surface area contributed by atoms with E-state index in [2.05, 4.69) is 15.4 Å². The summed E-state index contributed by atoms with van der Waals surface area (Å²) in [7, 11) is 0. The molecule has 0 amide bonds. The van der Waals surface area contributed by atoms with Crippen LogP contribution in [0.25, 0.3) is 4.96 Å². The Kier molecular flexibility index (Phi) is 3.23. The molecule has 1 N–H and O–H groups in total. The van der Waals surface area contributed by atoms with Gasteiger partial charge in [0.15, 0.2) is 0 Å². The highest BCUT2D eigenvalue weighted by Gasteiger charge is 2.06. The van der Waals surface area contributed by atoms with Crippen molar-refractivity contribution in [3.05, 3.63) is 57.0 Å². The number of hydrogen-bond donors (Lipinski definition) is 1. The monoisotopic (exact) mass is 286 g/mol.